The molecule has 0 aliphatic carbocycles. The molecule has 1 aromatic carbocycles. The molecular weight excluding hydrogens is 290 g/mol. The van der Waals surface area contributed by atoms with Gasteiger partial charge in [0, 0.05) is 30.9 Å². The second kappa shape index (κ2) is 7.42. The van der Waals surface area contributed by atoms with Crippen LogP contribution in [-0.4, -0.2) is 35.9 Å². The number of nitrogens with one attached hydrogen (secondary N) is 2. The molecule has 1 unspecified atom stereocenters. The topological polar surface area (TPSA) is 67.0 Å². The number of nitrogens with zero attached hydrogens (tertiary/aromatic N) is 1. The van der Waals surface area contributed by atoms with Crippen LogP contribution in [0.4, 0.5) is 0 Å². The summed E-state index contributed by atoms with van der Waals surface area (Å²) in [6.07, 6.45) is 3.24. The van der Waals surface area contributed by atoms with Gasteiger partial charge in [0.15, 0.2) is 0 Å². The first kappa shape index (κ1) is 15.7. The number of H-pyrrole nitrogens is 1. The van der Waals surface area contributed by atoms with Gasteiger partial charge in [-0.25, -0.2) is 0 Å². The Morgan fingerprint density at radius 1 is 1.39 bits per heavy atom. The molecule has 1 aliphatic rings. The maximum Gasteiger partial charge on any atom is 0.269 e. The van der Waals surface area contributed by atoms with E-state index in [4.69, 9.17) is 4.74 Å². The van der Waals surface area contributed by atoms with Crippen LogP contribution in [0, 0.1) is 12.8 Å². The van der Waals surface area contributed by atoms with E-state index in [0.29, 0.717) is 18.2 Å². The van der Waals surface area contributed by atoms with E-state index >= 15 is 0 Å². The van der Waals surface area contributed by atoms with Gasteiger partial charge in [-0.05, 0) is 32.1 Å². The Hall–Kier alpha value is -2.14. The molecule has 122 valence electrons. The first-order chi connectivity index (χ1) is 11.3. The zero-order valence-corrected chi connectivity index (χ0v) is 13.5. The van der Waals surface area contributed by atoms with Crippen LogP contribution >= 0.6 is 0 Å². The second-order valence-electron chi connectivity index (χ2n) is 6.07. The summed E-state index contributed by atoms with van der Waals surface area (Å²) in [6, 6.07) is 9.89. The van der Waals surface area contributed by atoms with Gasteiger partial charge >= 0.3 is 0 Å². The predicted molar refractivity (Wildman–Crippen MR) is 89.3 cm³/mol. The smallest absolute Gasteiger partial charge is 0.269 e. The Labute approximate surface area is 136 Å². The van der Waals surface area contributed by atoms with Crippen LogP contribution in [0.15, 0.2) is 30.3 Å². The molecule has 0 radical (unpaired) electrons. The first-order valence-corrected chi connectivity index (χ1v) is 8.22. The molecule has 0 saturated carbocycles. The van der Waals surface area contributed by atoms with Gasteiger partial charge < -0.3 is 10.1 Å². The Kier molecular flexibility index (Phi) is 5.08. The van der Waals surface area contributed by atoms with Crippen molar-refractivity contribution in [1.82, 2.24) is 15.5 Å². The fourth-order valence-electron chi connectivity index (χ4n) is 2.99. The highest BCUT2D eigenvalue weighted by atomic mass is 16.5. The van der Waals surface area contributed by atoms with E-state index in [9.17, 15) is 4.79 Å². The third-order valence-corrected chi connectivity index (χ3v) is 4.38. The number of carbonyl (C=O) groups is 1. The fourth-order valence-corrected chi connectivity index (χ4v) is 2.99. The van der Waals surface area contributed by atoms with Crippen molar-refractivity contribution in [2.45, 2.75) is 26.2 Å². The zero-order valence-electron chi connectivity index (χ0n) is 13.5. The van der Waals surface area contributed by atoms with E-state index in [1.165, 1.54) is 0 Å². The highest BCUT2D eigenvalue weighted by molar-refractivity contribution is 5.95. The number of carbonyl (C=O) groups excluding carboxylic acids is 1. The number of amides is 1. The Morgan fingerprint density at radius 2 is 2.22 bits per heavy atom. The minimum atomic E-state index is -0.0835. The summed E-state index contributed by atoms with van der Waals surface area (Å²) in [4.78, 5) is 12.3. The summed E-state index contributed by atoms with van der Waals surface area (Å²) < 4.78 is 5.36. The van der Waals surface area contributed by atoms with E-state index < -0.39 is 0 Å². The lowest BCUT2D eigenvalue weighted by atomic mass is 10.0. The molecule has 0 spiro atoms. The van der Waals surface area contributed by atoms with Gasteiger partial charge in [-0.3, -0.25) is 9.89 Å². The Bertz CT molecular complexity index is 646. The van der Waals surface area contributed by atoms with Crippen LogP contribution in [0.5, 0.6) is 0 Å². The highest BCUT2D eigenvalue weighted by Gasteiger charge is 2.17. The van der Waals surface area contributed by atoms with Crippen molar-refractivity contribution in [3.63, 3.8) is 0 Å². The number of aromatic amines is 1. The lowest BCUT2D eigenvalue weighted by molar-refractivity contribution is 0.0946. The summed E-state index contributed by atoms with van der Waals surface area (Å²) in [7, 11) is 0. The largest absolute Gasteiger partial charge is 0.381 e. The average Bonchev–Trinajstić information content (AvgIpc) is 3.22. The minimum absolute atomic E-state index is 0.0835. The normalized spacial score (nSPS) is 17.3. The summed E-state index contributed by atoms with van der Waals surface area (Å²) in [5.41, 5.74) is 3.28. The molecule has 3 rings (SSSR count). The van der Waals surface area contributed by atoms with Crippen molar-refractivity contribution >= 4 is 5.91 Å². The van der Waals surface area contributed by atoms with Crippen molar-refractivity contribution < 1.29 is 9.53 Å². The van der Waals surface area contributed by atoms with E-state index in [1.54, 1.807) is 0 Å². The van der Waals surface area contributed by atoms with Crippen molar-refractivity contribution in [2.24, 2.45) is 5.92 Å². The number of hydrogen-bond acceptors (Lipinski definition) is 3. The van der Waals surface area contributed by atoms with Gasteiger partial charge in [0.2, 0.25) is 0 Å². The molecular formula is C18H23N3O2. The monoisotopic (exact) mass is 313 g/mol. The average molecular weight is 313 g/mol. The predicted octanol–water partition coefficient (Wildman–Crippen LogP) is 2.93. The molecule has 1 saturated heterocycles. The maximum absolute atomic E-state index is 12.3. The van der Waals surface area contributed by atoms with E-state index in [0.717, 1.165) is 49.3 Å². The number of aromatic nitrogens is 2. The number of benzene rings is 1. The summed E-state index contributed by atoms with van der Waals surface area (Å²) in [5, 5.41) is 10.1. The molecule has 5 heteroatoms. The van der Waals surface area contributed by atoms with Crippen LogP contribution in [0.3, 0.4) is 0 Å². The fraction of sp³-hybridized carbons (Fsp3) is 0.444. The summed E-state index contributed by atoms with van der Waals surface area (Å²) in [5.74, 6) is 0.574. The Morgan fingerprint density at radius 3 is 2.96 bits per heavy atom. The number of ether oxygens (including phenoxy) is 1. The van der Waals surface area contributed by atoms with E-state index in [1.807, 2.05) is 37.3 Å². The molecule has 5 nitrogen and oxygen atoms in total. The molecule has 2 heterocycles. The van der Waals surface area contributed by atoms with Crippen molar-refractivity contribution in [3.05, 3.63) is 41.6 Å². The summed E-state index contributed by atoms with van der Waals surface area (Å²) in [6.45, 7) is 4.37. The van der Waals surface area contributed by atoms with Crippen LogP contribution in [0.25, 0.3) is 11.3 Å². The van der Waals surface area contributed by atoms with Gasteiger partial charge in [-0.2, -0.15) is 5.10 Å². The molecule has 1 atom stereocenters. The quantitative estimate of drug-likeness (QED) is 0.806. The molecule has 1 aromatic heterocycles. The van der Waals surface area contributed by atoms with Gasteiger partial charge in [0.1, 0.15) is 5.69 Å². The van der Waals surface area contributed by atoms with Crippen LogP contribution in [0.2, 0.25) is 0 Å². The maximum atomic E-state index is 12.3. The highest BCUT2D eigenvalue weighted by Crippen LogP contribution is 2.22. The lowest BCUT2D eigenvalue weighted by Crippen LogP contribution is -2.25. The molecule has 23 heavy (non-hydrogen) atoms. The van der Waals surface area contributed by atoms with E-state index in [-0.39, 0.29) is 5.91 Å². The molecule has 2 N–H and O–H groups in total. The molecule has 1 fully saturated rings. The third-order valence-electron chi connectivity index (χ3n) is 4.38. The first-order valence-electron chi connectivity index (χ1n) is 8.22. The van der Waals surface area contributed by atoms with Gasteiger partial charge in [0.05, 0.1) is 5.69 Å². The third kappa shape index (κ3) is 3.79. The van der Waals surface area contributed by atoms with Gasteiger partial charge in [-0.1, -0.05) is 30.3 Å². The number of rotatable bonds is 6. The zero-order chi connectivity index (χ0) is 16.1. The molecule has 2 aromatic rings. The van der Waals surface area contributed by atoms with Gasteiger partial charge in [-0.15, -0.1) is 0 Å². The van der Waals surface area contributed by atoms with Crippen molar-refractivity contribution in [3.8, 4) is 11.3 Å². The molecule has 1 amide bonds. The van der Waals surface area contributed by atoms with Crippen LogP contribution in [-0.2, 0) is 4.74 Å². The molecule has 0 bridgehead atoms. The Balaban J connectivity index is 1.54. The van der Waals surface area contributed by atoms with Crippen LogP contribution < -0.4 is 5.32 Å². The number of hydrogen-bond donors (Lipinski definition) is 2. The standard InChI is InChI=1S/C18H23N3O2/c1-13-16(15-7-3-2-4-8-15)20-21-17(13)18(22)19-10-5-6-14-9-11-23-12-14/h2-4,7-8,14H,5-6,9-12H2,1H3,(H,19,22)(H,20,21). The lowest BCUT2D eigenvalue weighted by Gasteiger charge is -2.08. The SMILES string of the molecule is Cc1c(-c2ccccc2)n[nH]c1C(=O)NCCCC1CCOC1. The summed E-state index contributed by atoms with van der Waals surface area (Å²) >= 11 is 0. The van der Waals surface area contributed by atoms with Gasteiger partial charge in [0.25, 0.3) is 5.91 Å². The molecule has 1 aliphatic heterocycles. The van der Waals surface area contributed by atoms with Crippen molar-refractivity contribution in [2.75, 3.05) is 19.8 Å². The van der Waals surface area contributed by atoms with Crippen molar-refractivity contribution in [1.29, 1.82) is 0 Å². The van der Waals surface area contributed by atoms with Crippen LogP contribution in [0.1, 0.15) is 35.3 Å². The second-order valence-corrected chi connectivity index (χ2v) is 6.07. The van der Waals surface area contributed by atoms with E-state index in [2.05, 4.69) is 15.5 Å². The minimum Gasteiger partial charge on any atom is -0.381 e.